The average Bonchev–Trinajstić information content (AvgIpc) is 3.15. The summed E-state index contributed by atoms with van der Waals surface area (Å²) < 4.78 is 12.8. The molecule has 0 saturated heterocycles. The summed E-state index contributed by atoms with van der Waals surface area (Å²) in [5, 5.41) is 12.8. The zero-order valence-corrected chi connectivity index (χ0v) is 19.3. The van der Waals surface area contributed by atoms with E-state index >= 15 is 0 Å². The lowest BCUT2D eigenvalue weighted by atomic mass is 10.0. The van der Waals surface area contributed by atoms with Gasteiger partial charge in [-0.05, 0) is 36.8 Å². The molecule has 0 saturated carbocycles. The first-order chi connectivity index (χ1) is 16.4. The van der Waals surface area contributed by atoms with Crippen LogP contribution < -0.4 is 9.54 Å². The van der Waals surface area contributed by atoms with Gasteiger partial charge < -0.3 is 14.0 Å². The van der Waals surface area contributed by atoms with Gasteiger partial charge in [0.15, 0.2) is 4.80 Å². The number of nitro benzene ring substituents is 1. The molecular formula is C24H21N3O6S. The zero-order valence-electron chi connectivity index (χ0n) is 18.5. The Labute approximate surface area is 198 Å². The second kappa shape index (κ2) is 9.84. The molecule has 174 valence electrons. The second-order valence-electron chi connectivity index (χ2n) is 7.19. The summed E-state index contributed by atoms with van der Waals surface area (Å²) in [6, 6.07) is 15.3. The number of hydrogen-bond acceptors (Lipinski definition) is 7. The molecule has 4 rings (SSSR count). The summed E-state index contributed by atoms with van der Waals surface area (Å²) in [6.07, 6.45) is 0. The molecule has 0 unspecified atom stereocenters. The minimum absolute atomic E-state index is 0.0948. The fourth-order valence-electron chi connectivity index (χ4n) is 3.64. The van der Waals surface area contributed by atoms with E-state index in [9.17, 15) is 19.7 Å². The number of nitrogens with zero attached hydrogens (tertiary/aromatic N) is 3. The molecule has 10 heteroatoms. The van der Waals surface area contributed by atoms with Crippen LogP contribution >= 0.6 is 11.3 Å². The third-order valence-corrected chi connectivity index (χ3v) is 6.11. The highest BCUT2D eigenvalue weighted by atomic mass is 32.1. The van der Waals surface area contributed by atoms with Gasteiger partial charge in [-0.25, -0.2) is 0 Å². The van der Waals surface area contributed by atoms with Gasteiger partial charge >= 0.3 is 5.97 Å². The number of benzene rings is 3. The normalized spacial score (nSPS) is 11.6. The molecule has 4 aromatic rings. The first kappa shape index (κ1) is 23.1. The molecule has 0 aliphatic rings. The Balaban J connectivity index is 1.92. The highest BCUT2D eigenvalue weighted by Gasteiger charge is 2.19. The monoisotopic (exact) mass is 479 g/mol. The Hall–Kier alpha value is -4.05. The van der Waals surface area contributed by atoms with Crippen LogP contribution in [0.1, 0.15) is 24.2 Å². The van der Waals surface area contributed by atoms with Crippen LogP contribution in [0.5, 0.6) is 5.75 Å². The summed E-state index contributed by atoms with van der Waals surface area (Å²) in [4.78, 5) is 41.0. The van der Waals surface area contributed by atoms with E-state index in [-0.39, 0.29) is 23.6 Å². The Kier molecular flexibility index (Phi) is 6.69. The van der Waals surface area contributed by atoms with Crippen molar-refractivity contribution >= 4 is 49.9 Å². The van der Waals surface area contributed by atoms with Crippen molar-refractivity contribution in [2.75, 3.05) is 13.2 Å². The van der Waals surface area contributed by atoms with E-state index in [4.69, 9.17) is 9.47 Å². The number of carbonyl (C=O) groups is 2. The number of rotatable bonds is 7. The van der Waals surface area contributed by atoms with Crippen molar-refractivity contribution in [3.8, 4) is 5.75 Å². The molecule has 0 fully saturated rings. The standard InChI is InChI=1S/C24H21N3O6S/c1-3-32-19-12-9-15-7-5-6-8-17(15)22(19)23(29)25-24-26(14-21(28)33-4-2)18-11-10-16(27(30)31)13-20(18)34-24/h5-13H,3-4,14H2,1-2H3. The Bertz CT molecular complexity index is 1490. The van der Waals surface area contributed by atoms with Crippen LogP contribution in [0, 0.1) is 10.1 Å². The van der Waals surface area contributed by atoms with E-state index in [0.717, 1.165) is 16.7 Å². The number of ether oxygens (including phenoxy) is 2. The number of hydrogen-bond donors (Lipinski definition) is 0. The van der Waals surface area contributed by atoms with Crippen molar-refractivity contribution in [1.82, 2.24) is 4.57 Å². The molecule has 0 atom stereocenters. The molecule has 0 radical (unpaired) electrons. The van der Waals surface area contributed by atoms with Crippen molar-refractivity contribution in [2.45, 2.75) is 20.4 Å². The minimum Gasteiger partial charge on any atom is -0.493 e. The van der Waals surface area contributed by atoms with Crippen molar-refractivity contribution in [1.29, 1.82) is 0 Å². The third-order valence-electron chi connectivity index (χ3n) is 5.07. The minimum atomic E-state index is -0.543. The topological polar surface area (TPSA) is 113 Å². The van der Waals surface area contributed by atoms with E-state index in [1.807, 2.05) is 37.3 Å². The van der Waals surface area contributed by atoms with Gasteiger partial charge in [-0.3, -0.25) is 19.7 Å². The van der Waals surface area contributed by atoms with Crippen LogP contribution in [0.2, 0.25) is 0 Å². The molecule has 0 aliphatic heterocycles. The number of carbonyl (C=O) groups excluding carboxylic acids is 2. The van der Waals surface area contributed by atoms with Crippen LogP contribution in [-0.2, 0) is 16.1 Å². The van der Waals surface area contributed by atoms with Crippen molar-refractivity contribution in [2.24, 2.45) is 4.99 Å². The van der Waals surface area contributed by atoms with Crippen molar-refractivity contribution in [3.63, 3.8) is 0 Å². The molecule has 3 aromatic carbocycles. The van der Waals surface area contributed by atoms with Crippen LogP contribution in [0.15, 0.2) is 59.6 Å². The van der Waals surface area contributed by atoms with Gasteiger partial charge in [0, 0.05) is 12.1 Å². The van der Waals surface area contributed by atoms with Crippen molar-refractivity contribution < 1.29 is 24.0 Å². The van der Waals surface area contributed by atoms with Gasteiger partial charge in [0.05, 0.1) is 33.9 Å². The fourth-order valence-corrected chi connectivity index (χ4v) is 4.70. The number of fused-ring (bicyclic) bond motifs is 2. The zero-order chi connectivity index (χ0) is 24.2. The lowest BCUT2D eigenvalue weighted by Crippen LogP contribution is -2.23. The molecule has 9 nitrogen and oxygen atoms in total. The first-order valence-electron chi connectivity index (χ1n) is 10.6. The third kappa shape index (κ3) is 4.53. The van der Waals surface area contributed by atoms with E-state index in [2.05, 4.69) is 4.99 Å². The maximum absolute atomic E-state index is 13.5. The van der Waals surface area contributed by atoms with Gasteiger partial charge in [0.1, 0.15) is 12.3 Å². The molecule has 1 aromatic heterocycles. The largest absolute Gasteiger partial charge is 0.493 e. The molecule has 1 heterocycles. The lowest BCUT2D eigenvalue weighted by molar-refractivity contribution is -0.384. The van der Waals surface area contributed by atoms with Crippen LogP contribution in [0.4, 0.5) is 5.69 Å². The lowest BCUT2D eigenvalue weighted by Gasteiger charge is -2.11. The predicted molar refractivity (Wildman–Crippen MR) is 128 cm³/mol. The van der Waals surface area contributed by atoms with Crippen LogP contribution in [-0.4, -0.2) is 34.6 Å². The maximum Gasteiger partial charge on any atom is 0.326 e. The Morgan fingerprint density at radius 3 is 2.62 bits per heavy atom. The Morgan fingerprint density at radius 1 is 1.09 bits per heavy atom. The van der Waals surface area contributed by atoms with E-state index < -0.39 is 16.8 Å². The summed E-state index contributed by atoms with van der Waals surface area (Å²) in [5.74, 6) is -0.642. The number of amides is 1. The smallest absolute Gasteiger partial charge is 0.326 e. The molecular weight excluding hydrogens is 458 g/mol. The molecule has 0 bridgehead atoms. The summed E-state index contributed by atoms with van der Waals surface area (Å²) in [6.45, 7) is 3.90. The summed E-state index contributed by atoms with van der Waals surface area (Å²) in [7, 11) is 0. The number of esters is 1. The predicted octanol–water partition coefficient (Wildman–Crippen LogP) is 4.47. The SMILES string of the molecule is CCOC(=O)Cn1c(=NC(=O)c2c(OCC)ccc3ccccc23)sc2cc([N+](=O)[O-])ccc21. The number of non-ortho nitro benzene ring substituents is 1. The fraction of sp³-hybridized carbons (Fsp3) is 0.208. The van der Waals surface area contributed by atoms with Crippen LogP contribution in [0.25, 0.3) is 21.0 Å². The van der Waals surface area contributed by atoms with Crippen molar-refractivity contribution in [3.05, 3.63) is 75.1 Å². The van der Waals surface area contributed by atoms with Gasteiger partial charge in [-0.2, -0.15) is 4.99 Å². The molecule has 34 heavy (non-hydrogen) atoms. The second-order valence-corrected chi connectivity index (χ2v) is 8.20. The Morgan fingerprint density at radius 2 is 1.88 bits per heavy atom. The number of aromatic nitrogens is 1. The average molecular weight is 480 g/mol. The highest BCUT2D eigenvalue weighted by molar-refractivity contribution is 7.16. The number of nitro groups is 1. The highest BCUT2D eigenvalue weighted by Crippen LogP contribution is 2.29. The maximum atomic E-state index is 13.5. The molecule has 0 aliphatic carbocycles. The van der Waals surface area contributed by atoms with E-state index in [1.165, 1.54) is 22.8 Å². The van der Waals surface area contributed by atoms with Gasteiger partial charge in [-0.15, -0.1) is 0 Å². The van der Waals surface area contributed by atoms with Gasteiger partial charge in [0.2, 0.25) is 0 Å². The van der Waals surface area contributed by atoms with Gasteiger partial charge in [0.25, 0.3) is 11.6 Å². The van der Waals surface area contributed by atoms with E-state index in [0.29, 0.717) is 33.5 Å². The number of thiazole rings is 1. The molecule has 1 amide bonds. The summed E-state index contributed by atoms with van der Waals surface area (Å²) >= 11 is 1.09. The first-order valence-corrected chi connectivity index (χ1v) is 11.4. The molecule has 0 spiro atoms. The summed E-state index contributed by atoms with van der Waals surface area (Å²) in [5.41, 5.74) is 0.756. The van der Waals surface area contributed by atoms with Crippen LogP contribution in [0.3, 0.4) is 0 Å². The quantitative estimate of drug-likeness (QED) is 0.220. The van der Waals surface area contributed by atoms with Gasteiger partial charge in [-0.1, -0.05) is 41.7 Å². The molecule has 0 N–H and O–H groups in total. The van der Waals surface area contributed by atoms with E-state index in [1.54, 1.807) is 13.0 Å².